The Morgan fingerprint density at radius 2 is 2.50 bits per heavy atom. The minimum atomic E-state index is -1.11. The van der Waals surface area contributed by atoms with Gasteiger partial charge in [-0.15, -0.1) is 0 Å². The van der Waals surface area contributed by atoms with E-state index in [1.165, 1.54) is 0 Å². The molecule has 12 heavy (non-hydrogen) atoms. The smallest absolute Gasteiger partial charge is 0.328 e. The van der Waals surface area contributed by atoms with Gasteiger partial charge < -0.3 is 10.0 Å². The van der Waals surface area contributed by atoms with Gasteiger partial charge in [-0.25, -0.2) is 9.18 Å². The Kier molecular flexibility index (Phi) is 2.81. The Balaban J connectivity index is 2.62. The third-order valence-electron chi connectivity index (χ3n) is 1.97. The van der Waals surface area contributed by atoms with E-state index in [-0.39, 0.29) is 0 Å². The molecule has 4 heteroatoms. The van der Waals surface area contributed by atoms with Gasteiger partial charge >= 0.3 is 5.97 Å². The van der Waals surface area contributed by atoms with Crippen LogP contribution in [0, 0.1) is 0 Å². The van der Waals surface area contributed by atoms with E-state index in [1.54, 1.807) is 0 Å². The van der Waals surface area contributed by atoms with E-state index in [9.17, 15) is 9.18 Å². The first-order valence-electron chi connectivity index (χ1n) is 3.85. The summed E-state index contributed by atoms with van der Waals surface area (Å²) in [6, 6.07) is 0. The Bertz CT molecular complexity index is 215. The van der Waals surface area contributed by atoms with Crippen LogP contribution in [0.15, 0.2) is 11.6 Å². The molecule has 0 aromatic carbocycles. The highest BCUT2D eigenvalue weighted by atomic mass is 19.1. The van der Waals surface area contributed by atoms with Crippen molar-refractivity contribution in [1.29, 1.82) is 0 Å². The van der Waals surface area contributed by atoms with E-state index in [2.05, 4.69) is 0 Å². The predicted octanol–water partition coefficient (Wildman–Crippen LogP) is 0.671. The summed E-state index contributed by atoms with van der Waals surface area (Å²) in [7, 11) is 1.82. The number of likely N-dealkylation sites (tertiary alicyclic amines) is 1. The molecule has 0 aromatic heterocycles. The summed E-state index contributed by atoms with van der Waals surface area (Å²) in [5, 5.41) is 8.39. The maximum absolute atomic E-state index is 13.1. The van der Waals surface area contributed by atoms with Gasteiger partial charge in [0.1, 0.15) is 6.17 Å². The van der Waals surface area contributed by atoms with Crippen LogP contribution in [0.25, 0.3) is 0 Å². The number of carboxylic acid groups (broad SMARTS) is 1. The summed E-state index contributed by atoms with van der Waals surface area (Å²) in [6.45, 7) is 1.04. The molecule has 0 saturated carbocycles. The van der Waals surface area contributed by atoms with E-state index >= 15 is 0 Å². The lowest BCUT2D eigenvalue weighted by Crippen LogP contribution is -2.35. The van der Waals surface area contributed by atoms with E-state index in [0.717, 1.165) is 12.6 Å². The van der Waals surface area contributed by atoms with Crippen molar-refractivity contribution in [3.05, 3.63) is 11.6 Å². The minimum absolute atomic E-state index is 0.305. The SMILES string of the molecule is CN1CCC(=CC(=O)O)C(F)C1. The molecule has 0 spiro atoms. The quantitative estimate of drug-likeness (QED) is 0.592. The van der Waals surface area contributed by atoms with Crippen molar-refractivity contribution in [2.45, 2.75) is 12.6 Å². The van der Waals surface area contributed by atoms with E-state index in [0.29, 0.717) is 18.5 Å². The average molecular weight is 173 g/mol. The number of alkyl halides is 1. The van der Waals surface area contributed by atoms with Crippen LogP contribution in [0.5, 0.6) is 0 Å². The van der Waals surface area contributed by atoms with Crippen LogP contribution < -0.4 is 0 Å². The van der Waals surface area contributed by atoms with E-state index in [1.807, 2.05) is 11.9 Å². The Morgan fingerprint density at radius 1 is 1.83 bits per heavy atom. The number of carboxylic acids is 1. The number of halogens is 1. The second-order valence-corrected chi connectivity index (χ2v) is 3.04. The maximum atomic E-state index is 13.1. The molecule has 1 atom stereocenters. The monoisotopic (exact) mass is 173 g/mol. The summed E-state index contributed by atoms with van der Waals surface area (Å²) >= 11 is 0. The number of hydrogen-bond donors (Lipinski definition) is 1. The summed E-state index contributed by atoms with van der Waals surface area (Å²) in [5.41, 5.74) is 0.403. The van der Waals surface area contributed by atoms with Crippen molar-refractivity contribution in [2.75, 3.05) is 20.1 Å². The van der Waals surface area contributed by atoms with Crippen LogP contribution in [0.3, 0.4) is 0 Å². The fourth-order valence-corrected chi connectivity index (χ4v) is 1.28. The molecule has 0 radical (unpaired) electrons. The topological polar surface area (TPSA) is 40.5 Å². The average Bonchev–Trinajstić information content (AvgIpc) is 1.94. The number of nitrogens with zero attached hydrogens (tertiary/aromatic N) is 1. The van der Waals surface area contributed by atoms with Crippen LogP contribution >= 0.6 is 0 Å². The fraction of sp³-hybridized carbons (Fsp3) is 0.625. The van der Waals surface area contributed by atoms with Crippen molar-refractivity contribution in [1.82, 2.24) is 4.90 Å². The first kappa shape index (κ1) is 9.19. The zero-order valence-corrected chi connectivity index (χ0v) is 6.96. The van der Waals surface area contributed by atoms with Gasteiger partial charge in [0.05, 0.1) is 0 Å². The second kappa shape index (κ2) is 3.67. The molecule has 1 aliphatic rings. The third kappa shape index (κ3) is 2.30. The molecule has 1 unspecified atom stereocenters. The van der Waals surface area contributed by atoms with Crippen molar-refractivity contribution in [2.24, 2.45) is 0 Å². The second-order valence-electron chi connectivity index (χ2n) is 3.04. The molecular formula is C8H12FNO2. The number of rotatable bonds is 1. The Hall–Kier alpha value is -0.900. The Labute approximate surface area is 70.5 Å². The van der Waals surface area contributed by atoms with Gasteiger partial charge in [-0.1, -0.05) is 0 Å². The van der Waals surface area contributed by atoms with Gasteiger partial charge in [-0.2, -0.15) is 0 Å². The van der Waals surface area contributed by atoms with Gasteiger partial charge in [0, 0.05) is 19.2 Å². The molecule has 0 bridgehead atoms. The van der Waals surface area contributed by atoms with E-state index < -0.39 is 12.1 Å². The van der Waals surface area contributed by atoms with Crippen molar-refractivity contribution < 1.29 is 14.3 Å². The standard InChI is InChI=1S/C8H12FNO2/c1-10-3-2-6(4-8(11)12)7(9)5-10/h4,7H,2-3,5H2,1H3,(H,11,12). The highest BCUT2D eigenvalue weighted by molar-refractivity contribution is 5.80. The molecule has 0 amide bonds. The summed E-state index contributed by atoms with van der Waals surface area (Å²) in [6.07, 6.45) is 0.390. The zero-order valence-electron chi connectivity index (χ0n) is 6.96. The lowest BCUT2D eigenvalue weighted by Gasteiger charge is -2.26. The molecular weight excluding hydrogens is 161 g/mol. The lowest BCUT2D eigenvalue weighted by atomic mass is 10.0. The van der Waals surface area contributed by atoms with Crippen LogP contribution in [-0.2, 0) is 4.79 Å². The molecule has 1 N–H and O–H groups in total. The first-order valence-corrected chi connectivity index (χ1v) is 3.85. The van der Waals surface area contributed by atoms with Crippen LogP contribution in [0.1, 0.15) is 6.42 Å². The molecule has 0 aromatic rings. The van der Waals surface area contributed by atoms with Crippen molar-refractivity contribution >= 4 is 5.97 Å². The summed E-state index contributed by atoms with van der Waals surface area (Å²) < 4.78 is 13.1. The minimum Gasteiger partial charge on any atom is -0.478 e. The Morgan fingerprint density at radius 3 is 3.00 bits per heavy atom. The van der Waals surface area contributed by atoms with Crippen LogP contribution in [-0.4, -0.2) is 42.3 Å². The van der Waals surface area contributed by atoms with Gasteiger partial charge in [-0.05, 0) is 19.0 Å². The number of carbonyl (C=O) groups is 1. The third-order valence-corrected chi connectivity index (χ3v) is 1.97. The van der Waals surface area contributed by atoms with Gasteiger partial charge in [0.15, 0.2) is 0 Å². The van der Waals surface area contributed by atoms with Crippen LogP contribution in [0.4, 0.5) is 4.39 Å². The molecule has 1 rings (SSSR count). The van der Waals surface area contributed by atoms with Crippen LogP contribution in [0.2, 0.25) is 0 Å². The molecule has 0 aliphatic carbocycles. The predicted molar refractivity (Wildman–Crippen MR) is 42.7 cm³/mol. The normalized spacial score (nSPS) is 29.2. The molecule has 1 heterocycles. The summed E-state index contributed by atoms with van der Waals surface area (Å²) in [5.74, 6) is -1.06. The van der Waals surface area contributed by atoms with Gasteiger partial charge in [-0.3, -0.25) is 0 Å². The number of hydrogen-bond acceptors (Lipinski definition) is 2. The molecule has 1 fully saturated rings. The number of piperidine rings is 1. The largest absolute Gasteiger partial charge is 0.478 e. The maximum Gasteiger partial charge on any atom is 0.328 e. The first-order chi connectivity index (χ1) is 5.59. The molecule has 3 nitrogen and oxygen atoms in total. The van der Waals surface area contributed by atoms with E-state index in [4.69, 9.17) is 5.11 Å². The van der Waals surface area contributed by atoms with Gasteiger partial charge in [0.2, 0.25) is 0 Å². The highest BCUT2D eigenvalue weighted by Gasteiger charge is 2.21. The highest BCUT2D eigenvalue weighted by Crippen LogP contribution is 2.18. The van der Waals surface area contributed by atoms with Gasteiger partial charge in [0.25, 0.3) is 0 Å². The zero-order chi connectivity index (χ0) is 9.14. The molecule has 1 saturated heterocycles. The van der Waals surface area contributed by atoms with Crippen molar-refractivity contribution in [3.63, 3.8) is 0 Å². The molecule has 68 valence electrons. The fourth-order valence-electron chi connectivity index (χ4n) is 1.28. The summed E-state index contributed by atoms with van der Waals surface area (Å²) in [4.78, 5) is 12.1. The number of aliphatic carboxylic acids is 1. The molecule has 1 aliphatic heterocycles. The lowest BCUT2D eigenvalue weighted by molar-refractivity contribution is -0.131. The van der Waals surface area contributed by atoms with Crippen molar-refractivity contribution in [3.8, 4) is 0 Å².